The van der Waals surface area contributed by atoms with Crippen molar-refractivity contribution in [1.29, 1.82) is 0 Å². The monoisotopic (exact) mass is 286 g/mol. The number of furan rings is 1. The minimum absolute atomic E-state index is 0.233. The van der Waals surface area contributed by atoms with E-state index in [1.165, 1.54) is 18.0 Å². The Morgan fingerprint density at radius 3 is 2.74 bits per heavy atom. The molecule has 3 N–H and O–H groups in total. The molecular weight excluding hydrogens is 268 g/mol. The molecule has 0 saturated carbocycles. The van der Waals surface area contributed by atoms with Crippen LogP contribution in [-0.2, 0) is 15.3 Å². The smallest absolute Gasteiger partial charge is 0.316 e. The first-order valence-corrected chi connectivity index (χ1v) is 6.85. The Morgan fingerprint density at radius 2 is 2.16 bits per heavy atom. The van der Waals surface area contributed by atoms with Crippen LogP contribution < -0.4 is 11.3 Å². The van der Waals surface area contributed by atoms with Gasteiger partial charge in [-0.05, 0) is 26.8 Å². The molecule has 1 aromatic heterocycles. The van der Waals surface area contributed by atoms with E-state index in [2.05, 4.69) is 0 Å². The zero-order valence-electron chi connectivity index (χ0n) is 11.2. The second-order valence-corrected chi connectivity index (χ2v) is 5.84. The number of nitrogens with one attached hydrogen (secondary N) is 1. The van der Waals surface area contributed by atoms with E-state index in [1.54, 1.807) is 6.07 Å². The van der Waals surface area contributed by atoms with Crippen molar-refractivity contribution in [2.75, 3.05) is 5.75 Å². The highest BCUT2D eigenvalue weighted by Gasteiger charge is 2.16. The maximum absolute atomic E-state index is 11.5. The molecule has 0 aliphatic heterocycles. The Morgan fingerprint density at radius 1 is 1.47 bits per heavy atom. The van der Waals surface area contributed by atoms with Crippen LogP contribution in [0.5, 0.6) is 0 Å². The van der Waals surface area contributed by atoms with Crippen LogP contribution in [0, 0.1) is 0 Å². The van der Waals surface area contributed by atoms with Gasteiger partial charge in [-0.15, -0.1) is 11.8 Å². The molecule has 0 spiro atoms. The summed E-state index contributed by atoms with van der Waals surface area (Å²) in [6.07, 6.45) is 1.32. The average molecular weight is 286 g/mol. The van der Waals surface area contributed by atoms with E-state index in [-0.39, 0.29) is 11.7 Å². The number of nitrogen functional groups attached to an aromatic ring is 1. The quantitative estimate of drug-likeness (QED) is 0.368. The molecule has 1 rings (SSSR count). The summed E-state index contributed by atoms with van der Waals surface area (Å²) in [6.45, 7) is 5.46. The lowest BCUT2D eigenvalue weighted by molar-refractivity contribution is -0.151. The molecule has 0 fully saturated rings. The minimum Gasteiger partial charge on any atom is -0.468 e. The van der Waals surface area contributed by atoms with Crippen molar-refractivity contribution in [3.05, 3.63) is 23.7 Å². The number of rotatable bonds is 5. The molecule has 7 heteroatoms. The molecule has 0 atom stereocenters. The third kappa shape index (κ3) is 5.80. The van der Waals surface area contributed by atoms with E-state index < -0.39 is 11.5 Å². The first-order chi connectivity index (χ1) is 8.81. The molecule has 19 heavy (non-hydrogen) atoms. The van der Waals surface area contributed by atoms with Crippen LogP contribution in [-0.4, -0.2) is 23.2 Å². The number of esters is 1. The van der Waals surface area contributed by atoms with Gasteiger partial charge in [0.15, 0.2) is 0 Å². The molecule has 0 aliphatic rings. The van der Waals surface area contributed by atoms with Gasteiger partial charge in [0.05, 0.1) is 17.1 Å². The van der Waals surface area contributed by atoms with E-state index in [0.717, 1.165) is 0 Å². The number of hydrazine groups is 1. The fraction of sp³-hybridized carbons (Fsp3) is 0.500. The van der Waals surface area contributed by atoms with Crippen molar-refractivity contribution < 1.29 is 18.7 Å². The summed E-state index contributed by atoms with van der Waals surface area (Å²) in [6, 6.07) is 1.59. The number of carbonyl (C=O) groups is 2. The van der Waals surface area contributed by atoms with Crippen molar-refractivity contribution >= 4 is 23.6 Å². The van der Waals surface area contributed by atoms with Gasteiger partial charge >= 0.3 is 5.97 Å². The number of carbonyl (C=O) groups excluding carboxylic acids is 2. The molecule has 106 valence electrons. The van der Waals surface area contributed by atoms with Crippen LogP contribution in [0.2, 0.25) is 0 Å². The third-order valence-corrected chi connectivity index (χ3v) is 2.86. The lowest BCUT2D eigenvalue weighted by Crippen LogP contribution is -2.29. The van der Waals surface area contributed by atoms with Crippen LogP contribution >= 0.6 is 11.8 Å². The molecule has 1 heterocycles. The Bertz CT molecular complexity index is 451. The van der Waals surface area contributed by atoms with Gasteiger partial charge in [0.25, 0.3) is 5.91 Å². The third-order valence-electron chi connectivity index (χ3n) is 1.93. The average Bonchev–Trinajstić information content (AvgIpc) is 2.74. The lowest BCUT2D eigenvalue weighted by Gasteiger charge is -2.19. The maximum atomic E-state index is 11.5. The Balaban J connectivity index is 2.35. The number of ether oxygens (including phenoxy) is 1. The van der Waals surface area contributed by atoms with Crippen molar-refractivity contribution in [3.63, 3.8) is 0 Å². The van der Waals surface area contributed by atoms with Crippen LogP contribution in [0.3, 0.4) is 0 Å². The molecular formula is C12H18N2O4S. The van der Waals surface area contributed by atoms with E-state index in [0.29, 0.717) is 17.1 Å². The number of hydrogen-bond donors (Lipinski definition) is 2. The summed E-state index contributed by atoms with van der Waals surface area (Å²) < 4.78 is 10.3. The summed E-state index contributed by atoms with van der Waals surface area (Å²) in [5.74, 6) is 5.64. The fourth-order valence-electron chi connectivity index (χ4n) is 1.26. The number of amides is 1. The second-order valence-electron chi connectivity index (χ2n) is 4.85. The SMILES string of the molecule is CC(C)(C)OC(=O)CSCc1cc(C(=O)NN)co1. The topological polar surface area (TPSA) is 94.6 Å². The van der Waals surface area contributed by atoms with Gasteiger partial charge in [0.1, 0.15) is 17.6 Å². The van der Waals surface area contributed by atoms with Gasteiger partial charge in [-0.25, -0.2) is 5.84 Å². The molecule has 0 aliphatic carbocycles. The summed E-state index contributed by atoms with van der Waals surface area (Å²) in [5.41, 5.74) is 1.89. The van der Waals surface area contributed by atoms with Gasteiger partial charge in [0, 0.05) is 0 Å². The highest BCUT2D eigenvalue weighted by Crippen LogP contribution is 2.17. The number of thioether (sulfide) groups is 1. The molecule has 0 saturated heterocycles. The highest BCUT2D eigenvalue weighted by molar-refractivity contribution is 7.99. The normalized spacial score (nSPS) is 11.2. The maximum Gasteiger partial charge on any atom is 0.316 e. The fourth-order valence-corrected chi connectivity index (χ4v) is 1.94. The lowest BCUT2D eigenvalue weighted by atomic mass is 10.2. The molecule has 0 unspecified atom stereocenters. The molecule has 0 bridgehead atoms. The predicted molar refractivity (Wildman–Crippen MR) is 72.4 cm³/mol. The summed E-state index contributed by atoms with van der Waals surface area (Å²) >= 11 is 1.36. The minimum atomic E-state index is -0.477. The highest BCUT2D eigenvalue weighted by atomic mass is 32.2. The van der Waals surface area contributed by atoms with Crippen molar-refractivity contribution in [1.82, 2.24) is 5.43 Å². The zero-order chi connectivity index (χ0) is 14.5. The van der Waals surface area contributed by atoms with Crippen molar-refractivity contribution in [2.24, 2.45) is 5.84 Å². The standard InChI is InChI=1S/C12H18N2O4S/c1-12(2,3)18-10(15)7-19-6-9-4-8(5-17-9)11(16)14-13/h4-5H,6-7,13H2,1-3H3,(H,14,16). The second kappa shape index (κ2) is 6.63. The van der Waals surface area contributed by atoms with Gasteiger partial charge in [-0.2, -0.15) is 0 Å². The van der Waals surface area contributed by atoms with Gasteiger partial charge < -0.3 is 9.15 Å². The zero-order valence-corrected chi connectivity index (χ0v) is 12.0. The van der Waals surface area contributed by atoms with Gasteiger partial charge in [-0.1, -0.05) is 0 Å². The Labute approximate surface area is 116 Å². The van der Waals surface area contributed by atoms with Crippen molar-refractivity contribution in [2.45, 2.75) is 32.1 Å². The predicted octanol–water partition coefficient (Wildman–Crippen LogP) is 1.46. The summed E-state index contributed by atoms with van der Waals surface area (Å²) in [5, 5.41) is 0. The Hall–Kier alpha value is -1.47. The van der Waals surface area contributed by atoms with Crippen LogP contribution in [0.15, 0.2) is 16.7 Å². The molecule has 1 aromatic rings. The van der Waals surface area contributed by atoms with E-state index in [4.69, 9.17) is 15.0 Å². The first-order valence-electron chi connectivity index (χ1n) is 5.70. The van der Waals surface area contributed by atoms with Crippen LogP contribution in [0.25, 0.3) is 0 Å². The first kappa shape index (κ1) is 15.6. The molecule has 0 aromatic carbocycles. The van der Waals surface area contributed by atoms with E-state index in [1.807, 2.05) is 26.2 Å². The van der Waals surface area contributed by atoms with Gasteiger partial charge in [-0.3, -0.25) is 15.0 Å². The van der Waals surface area contributed by atoms with E-state index in [9.17, 15) is 9.59 Å². The summed E-state index contributed by atoms with van der Waals surface area (Å²) in [7, 11) is 0. The molecule has 0 radical (unpaired) electrons. The molecule has 1 amide bonds. The van der Waals surface area contributed by atoms with Crippen molar-refractivity contribution in [3.8, 4) is 0 Å². The summed E-state index contributed by atoms with van der Waals surface area (Å²) in [4.78, 5) is 22.6. The number of hydrogen-bond acceptors (Lipinski definition) is 6. The van der Waals surface area contributed by atoms with Gasteiger partial charge in [0.2, 0.25) is 0 Å². The Kier molecular flexibility index (Phi) is 5.44. The number of nitrogens with two attached hydrogens (primary N) is 1. The van der Waals surface area contributed by atoms with E-state index >= 15 is 0 Å². The molecule has 6 nitrogen and oxygen atoms in total. The largest absolute Gasteiger partial charge is 0.468 e. The van der Waals surface area contributed by atoms with Crippen LogP contribution in [0.4, 0.5) is 0 Å². The van der Waals surface area contributed by atoms with Crippen LogP contribution in [0.1, 0.15) is 36.9 Å².